The van der Waals surface area contributed by atoms with Gasteiger partial charge in [0.05, 0.1) is 23.0 Å². The Hall–Kier alpha value is -2.40. The molecule has 0 bridgehead atoms. The minimum absolute atomic E-state index is 0.00474. The molecular weight excluding hydrogens is 332 g/mol. The highest BCUT2D eigenvalue weighted by atomic mass is 32.1. The molecule has 4 nitrogen and oxygen atoms in total. The van der Waals surface area contributed by atoms with Crippen molar-refractivity contribution in [3.8, 4) is 10.8 Å². The van der Waals surface area contributed by atoms with Crippen LogP contribution in [0.5, 0.6) is 0 Å². The van der Waals surface area contributed by atoms with E-state index in [2.05, 4.69) is 22.4 Å². The number of benzene rings is 1. The van der Waals surface area contributed by atoms with Gasteiger partial charge in [-0.3, -0.25) is 4.79 Å². The number of aromatic nitrogens is 1. The lowest BCUT2D eigenvalue weighted by Gasteiger charge is -2.18. The van der Waals surface area contributed by atoms with Crippen molar-refractivity contribution in [2.45, 2.75) is 32.2 Å². The van der Waals surface area contributed by atoms with E-state index in [0.29, 0.717) is 23.3 Å². The van der Waals surface area contributed by atoms with Crippen molar-refractivity contribution in [1.82, 2.24) is 10.3 Å². The Morgan fingerprint density at radius 2 is 2.08 bits per heavy atom. The number of hydrogen-bond donors (Lipinski definition) is 1. The molecule has 1 unspecified atom stereocenters. The van der Waals surface area contributed by atoms with Gasteiger partial charge in [0.2, 0.25) is 11.8 Å². The monoisotopic (exact) mass is 352 g/mol. The topological polar surface area (TPSA) is 55.1 Å². The average molecular weight is 352 g/mol. The summed E-state index contributed by atoms with van der Waals surface area (Å²) in [5.41, 5.74) is 1.89. The lowest BCUT2D eigenvalue weighted by molar-refractivity contribution is -0.121. The summed E-state index contributed by atoms with van der Waals surface area (Å²) < 4.78 is 5.73. The van der Waals surface area contributed by atoms with E-state index in [9.17, 15) is 4.79 Å². The molecule has 1 saturated carbocycles. The summed E-state index contributed by atoms with van der Waals surface area (Å²) in [6, 6.07) is 14.2. The Morgan fingerprint density at radius 1 is 1.28 bits per heavy atom. The van der Waals surface area contributed by atoms with Gasteiger partial charge in [-0.15, -0.1) is 11.3 Å². The molecule has 1 amide bonds. The van der Waals surface area contributed by atoms with Crippen LogP contribution in [-0.4, -0.2) is 10.9 Å². The number of nitrogens with one attached hydrogen (secondary N) is 1. The number of hydrogen-bond acceptors (Lipinski definition) is 4. The van der Waals surface area contributed by atoms with E-state index >= 15 is 0 Å². The van der Waals surface area contributed by atoms with E-state index < -0.39 is 0 Å². The fraction of sp³-hybridized carbons (Fsp3) is 0.300. The van der Waals surface area contributed by atoms with E-state index in [1.54, 1.807) is 11.3 Å². The van der Waals surface area contributed by atoms with E-state index in [4.69, 9.17) is 4.42 Å². The van der Waals surface area contributed by atoms with Crippen LogP contribution in [0.1, 0.15) is 35.9 Å². The smallest absolute Gasteiger partial charge is 0.236 e. The first-order valence-corrected chi connectivity index (χ1v) is 9.43. The highest BCUT2D eigenvalue weighted by Gasteiger charge is 2.33. The van der Waals surface area contributed by atoms with Crippen LogP contribution >= 0.6 is 11.3 Å². The van der Waals surface area contributed by atoms with E-state index in [1.165, 1.54) is 18.4 Å². The van der Waals surface area contributed by atoms with Gasteiger partial charge in [0.15, 0.2) is 0 Å². The standard InChI is InChI=1S/C20H20N2O2S/c1-13-16(21-20(24-13)17-8-5-11-25-17)12-18(23)22-19(15-9-10-15)14-6-3-2-4-7-14/h2-8,11,15,19H,9-10,12H2,1H3,(H,22,23). The first kappa shape index (κ1) is 16.1. The molecule has 1 fully saturated rings. The van der Waals surface area contributed by atoms with Crippen molar-refractivity contribution in [3.63, 3.8) is 0 Å². The van der Waals surface area contributed by atoms with Crippen LogP contribution in [0.2, 0.25) is 0 Å². The Kier molecular flexibility index (Phi) is 4.40. The molecule has 25 heavy (non-hydrogen) atoms. The number of carbonyl (C=O) groups is 1. The summed E-state index contributed by atoms with van der Waals surface area (Å²) in [6.07, 6.45) is 2.59. The number of rotatable bonds is 6. The lowest BCUT2D eigenvalue weighted by atomic mass is 10.0. The van der Waals surface area contributed by atoms with Crippen LogP contribution in [0.25, 0.3) is 10.8 Å². The molecule has 3 aromatic rings. The summed E-state index contributed by atoms with van der Waals surface area (Å²) in [4.78, 5) is 18.1. The van der Waals surface area contributed by atoms with Crippen LogP contribution in [-0.2, 0) is 11.2 Å². The predicted octanol–water partition coefficient (Wildman–Crippen LogP) is 4.52. The molecule has 0 radical (unpaired) electrons. The van der Waals surface area contributed by atoms with Gasteiger partial charge in [-0.1, -0.05) is 36.4 Å². The van der Waals surface area contributed by atoms with Crippen LogP contribution in [0.3, 0.4) is 0 Å². The molecule has 1 aliphatic rings. The van der Waals surface area contributed by atoms with Gasteiger partial charge in [0.1, 0.15) is 5.76 Å². The molecule has 1 atom stereocenters. The summed E-state index contributed by atoms with van der Waals surface area (Å²) in [5, 5.41) is 5.18. The van der Waals surface area contributed by atoms with Crippen molar-refractivity contribution in [2.24, 2.45) is 5.92 Å². The van der Waals surface area contributed by atoms with E-state index in [0.717, 1.165) is 4.88 Å². The molecule has 1 aliphatic carbocycles. The maximum atomic E-state index is 12.6. The third kappa shape index (κ3) is 3.66. The number of carbonyl (C=O) groups excluding carboxylic acids is 1. The van der Waals surface area contributed by atoms with Crippen molar-refractivity contribution in [3.05, 3.63) is 64.9 Å². The summed E-state index contributed by atoms with van der Waals surface area (Å²) >= 11 is 1.58. The fourth-order valence-electron chi connectivity index (χ4n) is 3.04. The van der Waals surface area contributed by atoms with Gasteiger partial charge in [0.25, 0.3) is 0 Å². The lowest BCUT2D eigenvalue weighted by Crippen LogP contribution is -2.31. The number of nitrogens with zero attached hydrogens (tertiary/aromatic N) is 1. The normalized spacial score (nSPS) is 15.1. The Labute approximate surface area is 150 Å². The van der Waals surface area contributed by atoms with Crippen molar-refractivity contribution in [2.75, 3.05) is 0 Å². The maximum Gasteiger partial charge on any atom is 0.236 e. The Bertz CT molecular complexity index is 851. The molecule has 1 aromatic carbocycles. The molecule has 2 heterocycles. The number of oxazole rings is 1. The van der Waals surface area contributed by atoms with Crippen LogP contribution in [0.15, 0.2) is 52.3 Å². The number of thiophene rings is 1. The first-order valence-electron chi connectivity index (χ1n) is 8.55. The predicted molar refractivity (Wildman–Crippen MR) is 98.3 cm³/mol. The molecule has 0 aliphatic heterocycles. The van der Waals surface area contributed by atoms with Gasteiger partial charge in [-0.05, 0) is 42.7 Å². The second kappa shape index (κ2) is 6.84. The second-order valence-corrected chi connectivity index (χ2v) is 7.42. The first-order chi connectivity index (χ1) is 12.2. The Morgan fingerprint density at radius 3 is 2.76 bits per heavy atom. The third-order valence-corrected chi connectivity index (χ3v) is 5.38. The molecule has 0 spiro atoms. The van der Waals surface area contributed by atoms with Gasteiger partial charge >= 0.3 is 0 Å². The third-order valence-electron chi connectivity index (χ3n) is 4.52. The van der Waals surface area contributed by atoms with Crippen molar-refractivity contribution in [1.29, 1.82) is 0 Å². The van der Waals surface area contributed by atoms with Crippen LogP contribution in [0, 0.1) is 12.8 Å². The molecule has 4 rings (SSSR count). The average Bonchev–Trinajstić information content (AvgIpc) is 3.18. The van der Waals surface area contributed by atoms with Gasteiger partial charge in [-0.2, -0.15) is 0 Å². The zero-order chi connectivity index (χ0) is 17.2. The SMILES string of the molecule is Cc1oc(-c2cccs2)nc1CC(=O)NC(c1ccccc1)C1CC1. The molecular formula is C20H20N2O2S. The zero-order valence-corrected chi connectivity index (χ0v) is 14.9. The maximum absolute atomic E-state index is 12.6. The molecule has 5 heteroatoms. The van der Waals surface area contributed by atoms with Crippen LogP contribution in [0.4, 0.5) is 0 Å². The highest BCUT2D eigenvalue weighted by Crippen LogP contribution is 2.41. The minimum Gasteiger partial charge on any atom is -0.440 e. The molecule has 128 valence electrons. The summed E-state index contributed by atoms with van der Waals surface area (Å²) in [6.45, 7) is 1.86. The fourth-order valence-corrected chi connectivity index (χ4v) is 3.69. The molecule has 1 N–H and O–H groups in total. The van der Waals surface area contributed by atoms with Crippen LogP contribution < -0.4 is 5.32 Å². The summed E-state index contributed by atoms with van der Waals surface area (Å²) in [5.74, 6) is 1.85. The van der Waals surface area contributed by atoms with Crippen molar-refractivity contribution < 1.29 is 9.21 Å². The Balaban J connectivity index is 1.47. The zero-order valence-electron chi connectivity index (χ0n) is 14.1. The minimum atomic E-state index is -0.00474. The van der Waals surface area contributed by atoms with Crippen molar-refractivity contribution >= 4 is 17.2 Å². The highest BCUT2D eigenvalue weighted by molar-refractivity contribution is 7.13. The largest absolute Gasteiger partial charge is 0.440 e. The van der Waals surface area contributed by atoms with E-state index in [-0.39, 0.29) is 18.4 Å². The molecule has 2 aromatic heterocycles. The van der Waals surface area contributed by atoms with Gasteiger partial charge in [0, 0.05) is 0 Å². The second-order valence-electron chi connectivity index (χ2n) is 6.47. The van der Waals surface area contributed by atoms with Gasteiger partial charge in [-0.25, -0.2) is 4.98 Å². The van der Waals surface area contributed by atoms with Gasteiger partial charge < -0.3 is 9.73 Å². The summed E-state index contributed by atoms with van der Waals surface area (Å²) in [7, 11) is 0. The number of amides is 1. The quantitative estimate of drug-likeness (QED) is 0.709. The van der Waals surface area contributed by atoms with E-state index in [1.807, 2.05) is 42.6 Å². The number of aryl methyl sites for hydroxylation is 1. The molecule has 0 saturated heterocycles.